The van der Waals surface area contributed by atoms with Crippen molar-refractivity contribution in [2.75, 3.05) is 0 Å². The molecule has 0 heterocycles. The first kappa shape index (κ1) is 18.0. The van der Waals surface area contributed by atoms with Crippen LogP contribution < -0.4 is 11.1 Å². The molecule has 0 aromatic carbocycles. The maximum absolute atomic E-state index is 12.3. The lowest BCUT2D eigenvalue weighted by Crippen LogP contribution is -2.51. The second-order valence-corrected chi connectivity index (χ2v) is 6.56. The van der Waals surface area contributed by atoms with Crippen LogP contribution in [0, 0.1) is 11.8 Å². The molecule has 0 radical (unpaired) electrons. The van der Waals surface area contributed by atoms with Gasteiger partial charge >= 0.3 is 0 Å². The molecular weight excluding hydrogens is 268 g/mol. The summed E-state index contributed by atoms with van der Waals surface area (Å²) in [5.41, 5.74) is 5.34. The van der Waals surface area contributed by atoms with Gasteiger partial charge in [-0.2, -0.15) is 0 Å². The topological polar surface area (TPSA) is 81.4 Å². The zero-order valence-corrected chi connectivity index (χ0v) is 13.7. The van der Waals surface area contributed by atoms with Crippen molar-refractivity contribution in [3.8, 4) is 0 Å². The predicted molar refractivity (Wildman–Crippen MR) is 82.5 cm³/mol. The first-order chi connectivity index (χ1) is 9.85. The number of nitrogens with two attached hydrogens (primary N) is 1. The summed E-state index contributed by atoms with van der Waals surface area (Å²) in [5.74, 6) is -0.107. The average molecular weight is 298 g/mol. The Kier molecular flexibility index (Phi) is 7.15. The number of carbonyl (C=O) groups excluding carboxylic acids is 2. The van der Waals surface area contributed by atoms with Gasteiger partial charge in [0.15, 0.2) is 0 Å². The molecule has 5 nitrogen and oxygen atoms in total. The van der Waals surface area contributed by atoms with Gasteiger partial charge in [-0.05, 0) is 31.1 Å². The van der Waals surface area contributed by atoms with Crippen LogP contribution in [0.15, 0.2) is 0 Å². The number of hydrogen-bond acceptors (Lipinski definition) is 3. The minimum Gasteiger partial charge on any atom is -0.368 e. The van der Waals surface area contributed by atoms with Crippen LogP contribution in [0.25, 0.3) is 0 Å². The molecule has 1 rings (SSSR count). The fraction of sp³-hybridized carbons (Fsp3) is 0.875. The predicted octanol–water partition coefficient (Wildman–Crippen LogP) is 1.99. The Labute approximate surface area is 128 Å². The van der Waals surface area contributed by atoms with Crippen LogP contribution in [0.2, 0.25) is 0 Å². The summed E-state index contributed by atoms with van der Waals surface area (Å²) in [4.78, 5) is 23.7. The Morgan fingerprint density at radius 2 is 2.00 bits per heavy atom. The van der Waals surface area contributed by atoms with Crippen LogP contribution in [-0.4, -0.2) is 30.1 Å². The van der Waals surface area contributed by atoms with Crippen molar-refractivity contribution in [3.05, 3.63) is 0 Å². The van der Waals surface area contributed by atoms with Crippen molar-refractivity contribution in [1.82, 2.24) is 5.32 Å². The molecule has 1 aliphatic rings. The van der Waals surface area contributed by atoms with Gasteiger partial charge in [0.2, 0.25) is 11.8 Å². The number of carbonyl (C=O) groups is 2. The molecule has 3 N–H and O–H groups in total. The maximum atomic E-state index is 12.3. The summed E-state index contributed by atoms with van der Waals surface area (Å²) in [5, 5.41) is 2.73. The highest BCUT2D eigenvalue weighted by Gasteiger charge is 2.29. The van der Waals surface area contributed by atoms with E-state index in [2.05, 4.69) is 12.2 Å². The lowest BCUT2D eigenvalue weighted by molar-refractivity contribution is -0.142. The second kappa shape index (κ2) is 8.37. The van der Waals surface area contributed by atoms with Gasteiger partial charge in [-0.3, -0.25) is 9.59 Å². The van der Waals surface area contributed by atoms with E-state index in [1.807, 2.05) is 20.8 Å². The van der Waals surface area contributed by atoms with E-state index in [0.29, 0.717) is 12.3 Å². The minimum absolute atomic E-state index is 0.0290. The van der Waals surface area contributed by atoms with Crippen molar-refractivity contribution in [1.29, 1.82) is 0 Å². The van der Waals surface area contributed by atoms with Crippen molar-refractivity contribution < 1.29 is 14.3 Å². The van der Waals surface area contributed by atoms with Gasteiger partial charge < -0.3 is 15.8 Å². The van der Waals surface area contributed by atoms with Crippen molar-refractivity contribution in [3.63, 3.8) is 0 Å². The normalized spacial score (nSPS) is 25.4. The SMILES string of the molecule is CC[C@H](O[C@@H]1CCC[C@H](C)C1)C(=O)N[C@H](C(N)=O)C(C)C. The van der Waals surface area contributed by atoms with Crippen LogP contribution in [0.4, 0.5) is 0 Å². The highest BCUT2D eigenvalue weighted by atomic mass is 16.5. The Balaban J connectivity index is 2.57. The third-order valence-corrected chi connectivity index (χ3v) is 4.18. The molecule has 0 saturated heterocycles. The second-order valence-electron chi connectivity index (χ2n) is 6.56. The van der Waals surface area contributed by atoms with Gasteiger partial charge in [0, 0.05) is 0 Å². The monoisotopic (exact) mass is 298 g/mol. The average Bonchev–Trinajstić information content (AvgIpc) is 2.41. The summed E-state index contributed by atoms with van der Waals surface area (Å²) in [6.45, 7) is 7.87. The van der Waals surface area contributed by atoms with E-state index in [1.54, 1.807) is 0 Å². The van der Waals surface area contributed by atoms with E-state index < -0.39 is 18.1 Å². The van der Waals surface area contributed by atoms with Gasteiger partial charge in [-0.1, -0.05) is 40.5 Å². The van der Waals surface area contributed by atoms with Gasteiger partial charge in [-0.25, -0.2) is 0 Å². The van der Waals surface area contributed by atoms with Crippen LogP contribution in [0.5, 0.6) is 0 Å². The van der Waals surface area contributed by atoms with Gasteiger partial charge in [0.05, 0.1) is 6.10 Å². The summed E-state index contributed by atoms with van der Waals surface area (Å²) in [6.07, 6.45) is 4.65. The molecule has 5 heteroatoms. The first-order valence-corrected chi connectivity index (χ1v) is 8.10. The number of amides is 2. The van der Waals surface area contributed by atoms with E-state index in [-0.39, 0.29) is 17.9 Å². The third kappa shape index (κ3) is 5.65. The van der Waals surface area contributed by atoms with E-state index in [0.717, 1.165) is 19.3 Å². The fourth-order valence-electron chi connectivity index (χ4n) is 2.89. The Bertz CT molecular complexity index is 357. The van der Waals surface area contributed by atoms with E-state index in [4.69, 9.17) is 10.5 Å². The van der Waals surface area contributed by atoms with Gasteiger partial charge in [0.1, 0.15) is 12.1 Å². The number of hydrogen-bond donors (Lipinski definition) is 2. The molecule has 0 bridgehead atoms. The van der Waals surface area contributed by atoms with Crippen molar-refractivity contribution >= 4 is 11.8 Å². The molecule has 1 saturated carbocycles. The lowest BCUT2D eigenvalue weighted by atomic mass is 9.88. The molecule has 0 spiro atoms. The number of nitrogens with one attached hydrogen (secondary N) is 1. The van der Waals surface area contributed by atoms with Crippen LogP contribution in [-0.2, 0) is 14.3 Å². The smallest absolute Gasteiger partial charge is 0.249 e. The largest absolute Gasteiger partial charge is 0.368 e. The summed E-state index contributed by atoms with van der Waals surface area (Å²) in [6, 6.07) is -0.638. The van der Waals surface area contributed by atoms with Crippen molar-refractivity contribution in [2.24, 2.45) is 17.6 Å². The summed E-state index contributed by atoms with van der Waals surface area (Å²) in [7, 11) is 0. The van der Waals surface area contributed by atoms with Gasteiger partial charge in [0.25, 0.3) is 0 Å². The highest BCUT2D eigenvalue weighted by Crippen LogP contribution is 2.27. The quantitative estimate of drug-likeness (QED) is 0.754. The van der Waals surface area contributed by atoms with Gasteiger partial charge in [-0.15, -0.1) is 0 Å². The molecule has 21 heavy (non-hydrogen) atoms. The fourth-order valence-corrected chi connectivity index (χ4v) is 2.89. The zero-order valence-electron chi connectivity index (χ0n) is 13.7. The molecule has 0 aromatic heterocycles. The third-order valence-electron chi connectivity index (χ3n) is 4.18. The standard InChI is InChI=1S/C16H30N2O3/c1-5-13(21-12-8-6-7-11(4)9-12)16(20)18-14(10(2)3)15(17)19/h10-14H,5-9H2,1-4H3,(H2,17,19)(H,18,20)/t11-,12+,13-,14-/m0/s1. The highest BCUT2D eigenvalue weighted by molar-refractivity contribution is 5.88. The number of primary amides is 1. The molecule has 1 aliphatic carbocycles. The molecule has 4 atom stereocenters. The number of ether oxygens (including phenoxy) is 1. The van der Waals surface area contributed by atoms with E-state index in [1.165, 1.54) is 6.42 Å². The number of rotatable bonds is 7. The molecule has 0 aliphatic heterocycles. The van der Waals surface area contributed by atoms with Crippen molar-refractivity contribution in [2.45, 2.75) is 78.0 Å². The van der Waals surface area contributed by atoms with Crippen LogP contribution in [0.1, 0.15) is 59.8 Å². The molecule has 122 valence electrons. The zero-order chi connectivity index (χ0) is 16.0. The summed E-state index contributed by atoms with van der Waals surface area (Å²) >= 11 is 0. The molecule has 2 amide bonds. The van der Waals surface area contributed by atoms with Crippen LogP contribution in [0.3, 0.4) is 0 Å². The molecular formula is C16H30N2O3. The first-order valence-electron chi connectivity index (χ1n) is 8.10. The summed E-state index contributed by atoms with van der Waals surface area (Å²) < 4.78 is 5.97. The molecule has 1 fully saturated rings. The molecule has 0 aromatic rings. The Morgan fingerprint density at radius 3 is 2.48 bits per heavy atom. The maximum Gasteiger partial charge on any atom is 0.249 e. The Morgan fingerprint density at radius 1 is 1.33 bits per heavy atom. The van der Waals surface area contributed by atoms with E-state index in [9.17, 15) is 9.59 Å². The Hall–Kier alpha value is -1.10. The minimum atomic E-state index is -0.638. The van der Waals surface area contributed by atoms with E-state index >= 15 is 0 Å². The molecule has 0 unspecified atom stereocenters. The lowest BCUT2D eigenvalue weighted by Gasteiger charge is -2.30. The van der Waals surface area contributed by atoms with Crippen LogP contribution >= 0.6 is 0 Å².